The number of halogens is 3. The number of hydrogen-bond donors (Lipinski definition) is 1. The summed E-state index contributed by atoms with van der Waals surface area (Å²) in [6.45, 7) is 8.24. The van der Waals surface area contributed by atoms with E-state index in [2.05, 4.69) is 20.4 Å². The van der Waals surface area contributed by atoms with Gasteiger partial charge in [0, 0.05) is 44.1 Å². The predicted molar refractivity (Wildman–Crippen MR) is 130 cm³/mol. The molecule has 4 fully saturated rings. The molecular weight excluding hydrogens is 487 g/mol. The third-order valence-electron chi connectivity index (χ3n) is 8.70. The van der Waals surface area contributed by atoms with Crippen molar-refractivity contribution in [3.05, 3.63) is 11.7 Å². The van der Waals surface area contributed by atoms with Crippen LogP contribution in [0.15, 0.2) is 4.52 Å². The zero-order valence-electron chi connectivity index (χ0n) is 22.1. The van der Waals surface area contributed by atoms with Gasteiger partial charge in [-0.1, -0.05) is 12.1 Å². The third kappa shape index (κ3) is 5.77. The molecule has 1 aromatic heterocycles. The maximum absolute atomic E-state index is 15.2. The standard InChI is InChI=1S/C26H40F3N5O3/c1-16(2)36-17-6-11-33(12-7-17)20-5-4-8-26(28,29)21(20)30-24(35)34-13-9-25(3,10-14-34)23-31-22(37-32-23)18-15-19(18)27/h16-21H,4-15H2,1-3H3,(H,30,35)/t18-,19+,20+,21-/m1/s1. The average Bonchev–Trinajstić information content (AvgIpc) is 3.36. The van der Waals surface area contributed by atoms with Crippen LogP contribution >= 0.6 is 0 Å². The lowest BCUT2D eigenvalue weighted by Crippen LogP contribution is -2.64. The average molecular weight is 528 g/mol. The Hall–Kier alpha value is -1.88. The number of amides is 2. The molecule has 4 aliphatic rings. The second-order valence-corrected chi connectivity index (χ2v) is 11.9. The quantitative estimate of drug-likeness (QED) is 0.590. The number of alkyl halides is 3. The number of urea groups is 1. The summed E-state index contributed by atoms with van der Waals surface area (Å²) < 4.78 is 54.9. The molecule has 2 saturated carbocycles. The van der Waals surface area contributed by atoms with Crippen molar-refractivity contribution in [3.8, 4) is 0 Å². The maximum Gasteiger partial charge on any atom is 0.317 e. The van der Waals surface area contributed by atoms with Crippen LogP contribution in [0.2, 0.25) is 0 Å². The van der Waals surface area contributed by atoms with Crippen molar-refractivity contribution in [2.75, 3.05) is 26.2 Å². The van der Waals surface area contributed by atoms with Gasteiger partial charge in [0.25, 0.3) is 5.92 Å². The summed E-state index contributed by atoms with van der Waals surface area (Å²) >= 11 is 0. The summed E-state index contributed by atoms with van der Waals surface area (Å²) in [7, 11) is 0. The van der Waals surface area contributed by atoms with Crippen molar-refractivity contribution in [1.29, 1.82) is 0 Å². The molecule has 2 aliphatic heterocycles. The number of nitrogens with zero attached hydrogens (tertiary/aromatic N) is 4. The summed E-state index contributed by atoms with van der Waals surface area (Å²) in [6, 6.07) is -2.04. The van der Waals surface area contributed by atoms with Gasteiger partial charge in [0.15, 0.2) is 5.82 Å². The van der Waals surface area contributed by atoms with E-state index in [-0.39, 0.29) is 30.6 Å². The minimum Gasteiger partial charge on any atom is -0.375 e. The Morgan fingerprint density at radius 1 is 1.14 bits per heavy atom. The zero-order valence-corrected chi connectivity index (χ0v) is 22.1. The number of rotatable bonds is 6. The van der Waals surface area contributed by atoms with E-state index in [1.54, 1.807) is 4.90 Å². The van der Waals surface area contributed by atoms with Gasteiger partial charge in [-0.15, -0.1) is 0 Å². The summed E-state index contributed by atoms with van der Waals surface area (Å²) in [6.07, 6.45) is 3.50. The Morgan fingerprint density at radius 2 is 1.81 bits per heavy atom. The van der Waals surface area contributed by atoms with Crippen LogP contribution in [0.1, 0.15) is 89.8 Å². The largest absolute Gasteiger partial charge is 0.375 e. The van der Waals surface area contributed by atoms with Gasteiger partial charge in [0.1, 0.15) is 12.2 Å². The molecule has 208 valence electrons. The van der Waals surface area contributed by atoms with Gasteiger partial charge in [0.2, 0.25) is 5.89 Å². The van der Waals surface area contributed by atoms with Gasteiger partial charge in [-0.3, -0.25) is 4.90 Å². The molecule has 0 spiro atoms. The number of hydrogen-bond acceptors (Lipinski definition) is 6. The van der Waals surface area contributed by atoms with E-state index < -0.39 is 29.6 Å². The summed E-state index contributed by atoms with van der Waals surface area (Å²) in [5, 5.41) is 6.83. The van der Waals surface area contributed by atoms with Crippen molar-refractivity contribution < 1.29 is 27.2 Å². The van der Waals surface area contributed by atoms with Gasteiger partial charge in [-0.25, -0.2) is 18.0 Å². The molecule has 11 heteroatoms. The van der Waals surface area contributed by atoms with Crippen molar-refractivity contribution in [2.45, 2.75) is 120 Å². The van der Waals surface area contributed by atoms with Crippen LogP contribution in [-0.2, 0) is 10.2 Å². The number of carbonyl (C=O) groups is 1. The highest BCUT2D eigenvalue weighted by Gasteiger charge is 2.51. The van der Waals surface area contributed by atoms with E-state index >= 15 is 8.78 Å². The summed E-state index contributed by atoms with van der Waals surface area (Å²) in [4.78, 5) is 21.4. The Kier molecular flexibility index (Phi) is 7.48. The van der Waals surface area contributed by atoms with Crippen molar-refractivity contribution in [3.63, 3.8) is 0 Å². The maximum atomic E-state index is 15.2. The monoisotopic (exact) mass is 527 g/mol. The predicted octanol–water partition coefficient (Wildman–Crippen LogP) is 4.40. The lowest BCUT2D eigenvalue weighted by molar-refractivity contribution is -0.103. The van der Waals surface area contributed by atoms with Crippen LogP contribution in [0.5, 0.6) is 0 Å². The van der Waals surface area contributed by atoms with Crippen LogP contribution in [-0.4, -0.2) is 88.5 Å². The molecule has 8 nitrogen and oxygen atoms in total. The van der Waals surface area contributed by atoms with E-state index in [1.165, 1.54) is 0 Å². The van der Waals surface area contributed by atoms with Crippen molar-refractivity contribution >= 4 is 6.03 Å². The number of piperidine rings is 2. The number of ether oxygens (including phenoxy) is 1. The first-order valence-corrected chi connectivity index (χ1v) is 13.9. The number of aromatic nitrogens is 2. The van der Waals surface area contributed by atoms with Crippen LogP contribution in [0.4, 0.5) is 18.0 Å². The van der Waals surface area contributed by atoms with E-state index in [9.17, 15) is 9.18 Å². The first kappa shape index (κ1) is 26.7. The lowest BCUT2D eigenvalue weighted by atomic mass is 9.79. The second-order valence-electron chi connectivity index (χ2n) is 11.9. The van der Waals surface area contributed by atoms with Crippen LogP contribution in [0.25, 0.3) is 0 Å². The second kappa shape index (κ2) is 10.4. The van der Waals surface area contributed by atoms with Crippen LogP contribution in [0.3, 0.4) is 0 Å². The molecular formula is C26H40F3N5O3. The van der Waals surface area contributed by atoms with E-state index in [1.807, 2.05) is 20.8 Å². The first-order chi connectivity index (χ1) is 17.6. The van der Waals surface area contributed by atoms with Gasteiger partial charge in [0.05, 0.1) is 18.1 Å². The molecule has 0 radical (unpaired) electrons. The number of nitrogens with one attached hydrogen (secondary N) is 1. The molecule has 2 saturated heterocycles. The van der Waals surface area contributed by atoms with Gasteiger partial charge in [-0.05, 0) is 58.8 Å². The minimum atomic E-state index is -2.95. The van der Waals surface area contributed by atoms with E-state index in [0.717, 1.165) is 12.8 Å². The molecule has 2 amide bonds. The molecule has 2 aliphatic carbocycles. The Labute approximate surface area is 216 Å². The van der Waals surface area contributed by atoms with Crippen molar-refractivity contribution in [2.24, 2.45) is 0 Å². The highest BCUT2D eigenvalue weighted by molar-refractivity contribution is 5.75. The van der Waals surface area contributed by atoms with Gasteiger partial charge < -0.3 is 19.5 Å². The van der Waals surface area contributed by atoms with Gasteiger partial charge in [-0.2, -0.15) is 4.98 Å². The Balaban J connectivity index is 1.18. The summed E-state index contributed by atoms with van der Waals surface area (Å²) in [5.41, 5.74) is -0.404. The van der Waals surface area contributed by atoms with Gasteiger partial charge >= 0.3 is 6.03 Å². The zero-order chi connectivity index (χ0) is 26.4. The summed E-state index contributed by atoms with van der Waals surface area (Å²) in [5.74, 6) is -2.37. The number of carbonyl (C=O) groups excluding carboxylic acids is 1. The first-order valence-electron chi connectivity index (χ1n) is 13.9. The molecule has 3 heterocycles. The molecule has 0 bridgehead atoms. The number of likely N-dealkylation sites (tertiary alicyclic amines) is 2. The molecule has 1 N–H and O–H groups in total. The normalized spacial score (nSPS) is 32.5. The molecule has 4 atom stereocenters. The van der Waals surface area contributed by atoms with Crippen molar-refractivity contribution in [1.82, 2.24) is 25.3 Å². The lowest BCUT2D eigenvalue weighted by Gasteiger charge is -2.47. The molecule has 5 rings (SSSR count). The van der Waals surface area contributed by atoms with Crippen LogP contribution in [0, 0.1) is 0 Å². The fourth-order valence-electron chi connectivity index (χ4n) is 6.18. The SMILES string of the molecule is CC(C)OC1CCN([C@H]2CCCC(F)(F)[C@@H]2NC(=O)N2CCC(C)(c3noc([C@@H]4C[C@@H]4F)n3)CC2)CC1. The third-order valence-corrected chi connectivity index (χ3v) is 8.70. The Morgan fingerprint density at radius 3 is 2.43 bits per heavy atom. The smallest absolute Gasteiger partial charge is 0.317 e. The van der Waals surface area contributed by atoms with E-state index in [0.29, 0.717) is 70.0 Å². The minimum absolute atomic E-state index is 0.150. The van der Waals surface area contributed by atoms with E-state index in [4.69, 9.17) is 9.26 Å². The molecule has 37 heavy (non-hydrogen) atoms. The highest BCUT2D eigenvalue weighted by Crippen LogP contribution is 2.44. The van der Waals surface area contributed by atoms with Crippen LogP contribution < -0.4 is 5.32 Å². The Bertz CT molecular complexity index is 944. The molecule has 0 aromatic carbocycles. The highest BCUT2D eigenvalue weighted by atomic mass is 19.3. The fraction of sp³-hybridized carbons (Fsp3) is 0.885. The molecule has 1 aromatic rings. The topological polar surface area (TPSA) is 83.7 Å². The molecule has 0 unspecified atom stereocenters. The fourth-order valence-corrected chi connectivity index (χ4v) is 6.18.